The Kier molecular flexibility index (Phi) is 4.72. The van der Waals surface area contributed by atoms with Gasteiger partial charge in [0, 0.05) is 13.2 Å². The molecule has 0 saturated carbocycles. The van der Waals surface area contributed by atoms with Gasteiger partial charge in [-0.25, -0.2) is 15.2 Å². The summed E-state index contributed by atoms with van der Waals surface area (Å²) in [6, 6.07) is 0. The average Bonchev–Trinajstić information content (AvgIpc) is 2.26. The summed E-state index contributed by atoms with van der Waals surface area (Å²) in [5.41, 5.74) is 2.23. The van der Waals surface area contributed by atoms with E-state index in [1.165, 1.54) is 0 Å². The van der Waals surface area contributed by atoms with Crippen LogP contribution in [0.1, 0.15) is 12.8 Å². The Hall–Kier alpha value is -1.47. The Bertz CT molecular complexity index is 309. The Morgan fingerprint density at radius 3 is 2.93 bits per heavy atom. The lowest BCUT2D eigenvalue weighted by Gasteiger charge is -2.06. The number of nitrogen functional groups attached to an aromatic ring is 1. The van der Waals surface area contributed by atoms with E-state index in [0.717, 1.165) is 12.6 Å². The van der Waals surface area contributed by atoms with Crippen LogP contribution in [-0.4, -0.2) is 28.2 Å². The van der Waals surface area contributed by atoms with E-state index in [4.69, 9.17) is 10.9 Å². The number of aliphatic hydroxyl groups is 1. The van der Waals surface area contributed by atoms with Crippen molar-refractivity contribution in [2.24, 2.45) is 5.84 Å². The van der Waals surface area contributed by atoms with Gasteiger partial charge >= 0.3 is 0 Å². The molecule has 1 heterocycles. The zero-order valence-corrected chi connectivity index (χ0v) is 8.20. The third-order valence-electron chi connectivity index (χ3n) is 1.75. The van der Waals surface area contributed by atoms with Gasteiger partial charge in [-0.05, 0) is 12.8 Å². The Morgan fingerprint density at radius 2 is 2.27 bits per heavy atom. The van der Waals surface area contributed by atoms with Gasteiger partial charge in [-0.3, -0.25) is 5.43 Å². The average molecular weight is 215 g/mol. The van der Waals surface area contributed by atoms with Crippen molar-refractivity contribution in [2.45, 2.75) is 12.8 Å². The van der Waals surface area contributed by atoms with Gasteiger partial charge in [-0.15, -0.1) is 0 Å². The summed E-state index contributed by atoms with van der Waals surface area (Å²) >= 11 is 0. The summed E-state index contributed by atoms with van der Waals surface area (Å²) in [6.45, 7) is 0.669. The van der Waals surface area contributed by atoms with Gasteiger partial charge in [-0.2, -0.15) is 4.98 Å². The highest BCUT2D eigenvalue weighted by Crippen LogP contribution is 2.10. The van der Waals surface area contributed by atoms with Crippen molar-refractivity contribution < 1.29 is 9.50 Å². The molecule has 7 heteroatoms. The van der Waals surface area contributed by atoms with E-state index in [1.807, 2.05) is 0 Å². The Labute approximate surface area is 86.7 Å². The fourth-order valence-electron chi connectivity index (χ4n) is 1.00. The topological polar surface area (TPSA) is 96.1 Å². The van der Waals surface area contributed by atoms with Crippen LogP contribution in [0.25, 0.3) is 0 Å². The predicted octanol–water partition coefficient (Wildman–Crippen LogP) is 0.0857. The summed E-state index contributed by atoms with van der Waals surface area (Å²) in [6.07, 6.45) is 2.45. The van der Waals surface area contributed by atoms with Crippen LogP contribution in [-0.2, 0) is 0 Å². The summed E-state index contributed by atoms with van der Waals surface area (Å²) in [5.74, 6) is 4.82. The number of unbranched alkanes of at least 4 members (excludes halogenated alkanes) is 1. The second kappa shape index (κ2) is 6.10. The molecule has 1 rings (SSSR count). The number of nitrogens with one attached hydrogen (secondary N) is 2. The molecule has 15 heavy (non-hydrogen) atoms. The van der Waals surface area contributed by atoms with Crippen molar-refractivity contribution in [3.05, 3.63) is 12.0 Å². The van der Waals surface area contributed by atoms with Gasteiger partial charge in [0.15, 0.2) is 11.6 Å². The SMILES string of the molecule is NNc1ncc(F)c(NCCCCO)n1. The number of nitrogens with two attached hydrogens (primary N) is 1. The predicted molar refractivity (Wildman–Crippen MR) is 54.6 cm³/mol. The Morgan fingerprint density at radius 1 is 1.47 bits per heavy atom. The molecular formula is C8H14FN5O. The number of hydrogen-bond acceptors (Lipinski definition) is 6. The van der Waals surface area contributed by atoms with Gasteiger partial charge in [0.1, 0.15) is 0 Å². The van der Waals surface area contributed by atoms with Crippen LogP contribution in [0.15, 0.2) is 6.20 Å². The minimum absolute atomic E-state index is 0.107. The first-order chi connectivity index (χ1) is 7.27. The van der Waals surface area contributed by atoms with Crippen molar-refractivity contribution in [3.8, 4) is 0 Å². The number of halogens is 1. The van der Waals surface area contributed by atoms with Crippen LogP contribution in [0, 0.1) is 5.82 Å². The summed E-state index contributed by atoms with van der Waals surface area (Å²) in [4.78, 5) is 7.39. The number of aliphatic hydroxyl groups excluding tert-OH is 1. The molecule has 6 nitrogen and oxygen atoms in total. The van der Waals surface area contributed by atoms with Crippen molar-refractivity contribution in [1.82, 2.24) is 9.97 Å². The zero-order valence-electron chi connectivity index (χ0n) is 8.20. The lowest BCUT2D eigenvalue weighted by Crippen LogP contribution is -2.13. The number of nitrogens with zero attached hydrogens (tertiary/aromatic N) is 2. The largest absolute Gasteiger partial charge is 0.396 e. The molecule has 5 N–H and O–H groups in total. The van der Waals surface area contributed by atoms with E-state index in [2.05, 4.69) is 20.7 Å². The molecule has 1 aromatic rings. The molecule has 84 valence electrons. The highest BCUT2D eigenvalue weighted by Gasteiger charge is 2.04. The Balaban J connectivity index is 2.51. The molecule has 0 unspecified atom stereocenters. The van der Waals surface area contributed by atoms with E-state index >= 15 is 0 Å². The number of rotatable bonds is 6. The van der Waals surface area contributed by atoms with Crippen LogP contribution in [0.2, 0.25) is 0 Å². The smallest absolute Gasteiger partial charge is 0.239 e. The number of hydrogen-bond donors (Lipinski definition) is 4. The summed E-state index contributed by atoms with van der Waals surface area (Å²) in [7, 11) is 0. The standard InChI is InChI=1S/C8H14FN5O/c9-6-5-12-8(14-10)13-7(6)11-3-1-2-4-15/h5,15H,1-4,10H2,(H2,11,12,13,14). The van der Waals surface area contributed by atoms with Gasteiger partial charge < -0.3 is 10.4 Å². The van der Waals surface area contributed by atoms with Crippen molar-refractivity contribution >= 4 is 11.8 Å². The molecule has 0 aliphatic heterocycles. The van der Waals surface area contributed by atoms with Gasteiger partial charge in [-0.1, -0.05) is 0 Å². The first-order valence-electron chi connectivity index (χ1n) is 4.62. The van der Waals surface area contributed by atoms with Crippen molar-refractivity contribution in [2.75, 3.05) is 23.9 Å². The highest BCUT2D eigenvalue weighted by molar-refractivity contribution is 5.40. The van der Waals surface area contributed by atoms with Crippen LogP contribution in [0.5, 0.6) is 0 Å². The summed E-state index contributed by atoms with van der Waals surface area (Å²) < 4.78 is 13.1. The lowest BCUT2D eigenvalue weighted by atomic mass is 10.3. The zero-order chi connectivity index (χ0) is 11.1. The molecule has 0 aliphatic carbocycles. The number of hydrazine groups is 1. The van der Waals surface area contributed by atoms with Gasteiger partial charge in [0.25, 0.3) is 0 Å². The van der Waals surface area contributed by atoms with E-state index in [0.29, 0.717) is 13.0 Å². The van der Waals surface area contributed by atoms with E-state index in [1.54, 1.807) is 0 Å². The van der Waals surface area contributed by atoms with E-state index in [-0.39, 0.29) is 18.4 Å². The maximum absolute atomic E-state index is 13.1. The molecule has 0 spiro atoms. The summed E-state index contributed by atoms with van der Waals surface area (Å²) in [5, 5.41) is 11.3. The van der Waals surface area contributed by atoms with Crippen LogP contribution >= 0.6 is 0 Å². The van der Waals surface area contributed by atoms with Crippen LogP contribution in [0.4, 0.5) is 16.2 Å². The minimum Gasteiger partial charge on any atom is -0.396 e. The monoisotopic (exact) mass is 215 g/mol. The molecule has 0 atom stereocenters. The molecular weight excluding hydrogens is 201 g/mol. The molecule has 0 amide bonds. The highest BCUT2D eigenvalue weighted by atomic mass is 19.1. The molecule has 1 aromatic heterocycles. The first-order valence-corrected chi connectivity index (χ1v) is 4.62. The third kappa shape index (κ3) is 3.64. The lowest BCUT2D eigenvalue weighted by molar-refractivity contribution is 0.286. The van der Waals surface area contributed by atoms with Crippen molar-refractivity contribution in [3.63, 3.8) is 0 Å². The molecule has 0 aromatic carbocycles. The molecule has 0 saturated heterocycles. The maximum atomic E-state index is 13.1. The number of aromatic nitrogens is 2. The fourth-order valence-corrected chi connectivity index (χ4v) is 1.00. The molecule has 0 fully saturated rings. The van der Waals surface area contributed by atoms with E-state index < -0.39 is 5.82 Å². The normalized spacial score (nSPS) is 10.1. The minimum atomic E-state index is -0.530. The van der Waals surface area contributed by atoms with Crippen molar-refractivity contribution in [1.29, 1.82) is 0 Å². The number of anilines is 2. The maximum Gasteiger partial charge on any atom is 0.239 e. The van der Waals surface area contributed by atoms with E-state index in [9.17, 15) is 4.39 Å². The van der Waals surface area contributed by atoms with Gasteiger partial charge in [0.2, 0.25) is 5.95 Å². The molecule has 0 radical (unpaired) electrons. The third-order valence-corrected chi connectivity index (χ3v) is 1.75. The quantitative estimate of drug-likeness (QED) is 0.305. The molecule has 0 aliphatic rings. The second-order valence-corrected chi connectivity index (χ2v) is 2.89. The first kappa shape index (κ1) is 11.6. The van der Waals surface area contributed by atoms with Gasteiger partial charge in [0.05, 0.1) is 6.20 Å². The van der Waals surface area contributed by atoms with Crippen LogP contribution < -0.4 is 16.6 Å². The molecule has 0 bridgehead atoms. The van der Waals surface area contributed by atoms with Crippen LogP contribution in [0.3, 0.4) is 0 Å². The second-order valence-electron chi connectivity index (χ2n) is 2.89. The fraction of sp³-hybridized carbons (Fsp3) is 0.500.